The van der Waals surface area contributed by atoms with E-state index in [1.165, 1.54) is 16.7 Å². The Bertz CT molecular complexity index is 839. The summed E-state index contributed by atoms with van der Waals surface area (Å²) in [4.78, 5) is 0. The van der Waals surface area contributed by atoms with Crippen molar-refractivity contribution in [3.8, 4) is 22.5 Å². The van der Waals surface area contributed by atoms with Crippen LogP contribution in [0.3, 0.4) is 0 Å². The number of hydrogen-bond donors (Lipinski definition) is 0. The van der Waals surface area contributed by atoms with Gasteiger partial charge in [-0.2, -0.15) is 0 Å². The quantitative estimate of drug-likeness (QED) is 0.585. The van der Waals surface area contributed by atoms with Crippen molar-refractivity contribution in [1.82, 2.24) is 15.0 Å². The molecule has 0 fully saturated rings. The van der Waals surface area contributed by atoms with Crippen molar-refractivity contribution in [3.63, 3.8) is 0 Å². The van der Waals surface area contributed by atoms with E-state index in [1.807, 2.05) is 45.5 Å². The van der Waals surface area contributed by atoms with E-state index in [0.717, 1.165) is 23.4 Å². The number of methoxy groups -OCH3 is 1. The maximum absolute atomic E-state index is 5.78. The lowest BCUT2D eigenvalue weighted by molar-refractivity contribution is 0.104. The molecule has 1 aliphatic rings. The number of aromatic nitrogens is 3. The smallest absolute Gasteiger partial charge is 0.121 e. The van der Waals surface area contributed by atoms with Crippen LogP contribution in [-0.2, 0) is 18.2 Å². The Labute approximate surface area is 156 Å². The zero-order chi connectivity index (χ0) is 19.1. The average Bonchev–Trinajstić information content (AvgIpc) is 3.09. The third-order valence-corrected chi connectivity index (χ3v) is 4.35. The van der Waals surface area contributed by atoms with E-state index in [9.17, 15) is 0 Å². The molecule has 0 saturated heterocycles. The summed E-state index contributed by atoms with van der Waals surface area (Å²) < 4.78 is 7.64. The van der Waals surface area contributed by atoms with Crippen LogP contribution >= 0.6 is 0 Å². The molecule has 0 bridgehead atoms. The van der Waals surface area contributed by atoms with Crippen LogP contribution in [0.2, 0.25) is 0 Å². The van der Waals surface area contributed by atoms with Crippen LogP contribution in [0, 0.1) is 0 Å². The van der Waals surface area contributed by atoms with Crippen LogP contribution in [0.1, 0.15) is 44.9 Å². The Morgan fingerprint density at radius 1 is 0.923 bits per heavy atom. The Kier molecular flexibility index (Phi) is 7.10. The van der Waals surface area contributed by atoms with E-state index in [0.29, 0.717) is 0 Å². The van der Waals surface area contributed by atoms with Gasteiger partial charge in [-0.1, -0.05) is 81.4 Å². The average molecular weight is 351 g/mol. The van der Waals surface area contributed by atoms with Crippen LogP contribution in [0.4, 0.5) is 0 Å². The van der Waals surface area contributed by atoms with Crippen LogP contribution in [0.25, 0.3) is 22.5 Å². The SMILES string of the molecule is CC.CC.COC1Cc2ccccc2-c2c(nnn2C)-c2ccccc21. The van der Waals surface area contributed by atoms with Crippen molar-refractivity contribution in [2.75, 3.05) is 7.11 Å². The second-order valence-electron chi connectivity index (χ2n) is 5.58. The van der Waals surface area contributed by atoms with E-state index in [1.54, 1.807) is 7.11 Å². The molecule has 4 heteroatoms. The van der Waals surface area contributed by atoms with E-state index in [2.05, 4.69) is 52.8 Å². The summed E-state index contributed by atoms with van der Waals surface area (Å²) in [6.45, 7) is 8.00. The highest BCUT2D eigenvalue weighted by atomic mass is 16.5. The van der Waals surface area contributed by atoms with E-state index in [-0.39, 0.29) is 6.10 Å². The predicted octanol–water partition coefficient (Wildman–Crippen LogP) is 5.45. The van der Waals surface area contributed by atoms with Crippen LogP contribution in [0.15, 0.2) is 48.5 Å². The highest BCUT2D eigenvalue weighted by Gasteiger charge is 2.26. The largest absolute Gasteiger partial charge is 0.376 e. The molecule has 1 atom stereocenters. The minimum absolute atomic E-state index is 0.0208. The van der Waals surface area contributed by atoms with Crippen LogP contribution < -0.4 is 0 Å². The zero-order valence-corrected chi connectivity index (χ0v) is 16.7. The summed E-state index contributed by atoms with van der Waals surface area (Å²) in [5.41, 5.74) is 6.70. The summed E-state index contributed by atoms with van der Waals surface area (Å²) in [5, 5.41) is 8.68. The highest BCUT2D eigenvalue weighted by molar-refractivity contribution is 5.82. The van der Waals surface area contributed by atoms with Gasteiger partial charge in [-0.15, -0.1) is 5.10 Å². The normalized spacial score (nSPS) is 14.2. The van der Waals surface area contributed by atoms with Gasteiger partial charge < -0.3 is 4.74 Å². The standard InChI is InChI=1S/C18H17N3O.2C2H6/c1-21-18-13-8-4-3-7-12(13)11-16(22-2)14-9-5-6-10-15(14)17(18)19-20-21;2*1-2/h3-10,16H,11H2,1-2H3;2*1-2H3. The fourth-order valence-electron chi connectivity index (χ4n) is 3.28. The topological polar surface area (TPSA) is 39.9 Å². The molecule has 4 rings (SSSR count). The number of hydrogen-bond acceptors (Lipinski definition) is 3. The Morgan fingerprint density at radius 2 is 1.54 bits per heavy atom. The number of aryl methyl sites for hydroxylation is 1. The van der Waals surface area contributed by atoms with Gasteiger partial charge in [0, 0.05) is 31.7 Å². The molecule has 26 heavy (non-hydrogen) atoms. The van der Waals surface area contributed by atoms with Crippen molar-refractivity contribution >= 4 is 0 Å². The molecule has 0 radical (unpaired) electrons. The molecule has 0 amide bonds. The molecule has 1 unspecified atom stereocenters. The lowest BCUT2D eigenvalue weighted by Gasteiger charge is -2.23. The summed E-state index contributed by atoms with van der Waals surface area (Å²) in [6.07, 6.45) is 0.862. The molecule has 0 N–H and O–H groups in total. The third kappa shape index (κ3) is 3.56. The van der Waals surface area contributed by atoms with Gasteiger partial charge in [0.25, 0.3) is 0 Å². The number of rotatable bonds is 1. The van der Waals surface area contributed by atoms with Gasteiger partial charge in [0.1, 0.15) is 5.69 Å². The zero-order valence-electron chi connectivity index (χ0n) is 16.7. The molecule has 1 heterocycles. The minimum atomic E-state index is 0.0208. The van der Waals surface area contributed by atoms with Gasteiger partial charge in [0.05, 0.1) is 11.8 Å². The summed E-state index contributed by atoms with van der Waals surface area (Å²) in [7, 11) is 3.71. The van der Waals surface area contributed by atoms with Crippen LogP contribution in [0.5, 0.6) is 0 Å². The minimum Gasteiger partial charge on any atom is -0.376 e. The maximum atomic E-state index is 5.78. The maximum Gasteiger partial charge on any atom is 0.121 e. The van der Waals surface area contributed by atoms with Crippen molar-refractivity contribution < 1.29 is 4.74 Å². The number of ether oxygens (including phenoxy) is 1. The van der Waals surface area contributed by atoms with Gasteiger partial charge in [0.2, 0.25) is 0 Å². The fourth-order valence-corrected chi connectivity index (χ4v) is 3.28. The van der Waals surface area contributed by atoms with Gasteiger partial charge in [-0.05, 0) is 11.1 Å². The molecule has 1 aromatic heterocycles. The first kappa shape index (κ1) is 19.9. The monoisotopic (exact) mass is 351 g/mol. The van der Waals surface area contributed by atoms with Crippen LogP contribution in [-0.4, -0.2) is 22.1 Å². The molecule has 3 aromatic rings. The predicted molar refractivity (Wildman–Crippen MR) is 108 cm³/mol. The first-order valence-corrected chi connectivity index (χ1v) is 9.39. The molecule has 2 aromatic carbocycles. The number of benzene rings is 2. The second kappa shape index (κ2) is 9.30. The Balaban J connectivity index is 0.000000570. The van der Waals surface area contributed by atoms with Gasteiger partial charge >= 0.3 is 0 Å². The summed E-state index contributed by atoms with van der Waals surface area (Å²) in [6, 6.07) is 16.7. The first-order valence-electron chi connectivity index (χ1n) is 9.39. The fraction of sp³-hybridized carbons (Fsp3) is 0.364. The molecule has 0 spiro atoms. The van der Waals surface area contributed by atoms with Gasteiger partial charge in [-0.25, -0.2) is 4.68 Å². The van der Waals surface area contributed by atoms with E-state index >= 15 is 0 Å². The highest BCUT2D eigenvalue weighted by Crippen LogP contribution is 2.40. The summed E-state index contributed by atoms with van der Waals surface area (Å²) >= 11 is 0. The lowest BCUT2D eigenvalue weighted by Crippen LogP contribution is -2.11. The molecule has 4 nitrogen and oxygen atoms in total. The van der Waals surface area contributed by atoms with Crippen molar-refractivity contribution in [2.45, 2.75) is 40.2 Å². The van der Waals surface area contributed by atoms with Gasteiger partial charge in [0.15, 0.2) is 0 Å². The summed E-state index contributed by atoms with van der Waals surface area (Å²) in [5.74, 6) is 0. The molecular weight excluding hydrogens is 322 g/mol. The first-order chi connectivity index (χ1) is 12.8. The van der Waals surface area contributed by atoms with Crippen molar-refractivity contribution in [1.29, 1.82) is 0 Å². The third-order valence-electron chi connectivity index (χ3n) is 4.35. The van der Waals surface area contributed by atoms with E-state index < -0.39 is 0 Å². The molecule has 0 aliphatic heterocycles. The second-order valence-corrected chi connectivity index (χ2v) is 5.58. The number of fused-ring (bicyclic) bond motifs is 5. The van der Waals surface area contributed by atoms with Gasteiger partial charge in [-0.3, -0.25) is 0 Å². The Hall–Kier alpha value is -2.46. The van der Waals surface area contributed by atoms with Crippen molar-refractivity contribution in [3.05, 3.63) is 59.7 Å². The molecule has 138 valence electrons. The molecule has 0 saturated carbocycles. The molecule has 1 aliphatic carbocycles. The van der Waals surface area contributed by atoms with E-state index in [4.69, 9.17) is 4.74 Å². The number of nitrogens with zero attached hydrogens (tertiary/aromatic N) is 3. The Morgan fingerprint density at radius 3 is 2.23 bits per heavy atom. The molecular formula is C22H29N3O. The lowest BCUT2D eigenvalue weighted by atomic mass is 9.87. The van der Waals surface area contributed by atoms with Crippen molar-refractivity contribution in [2.24, 2.45) is 7.05 Å².